The molecule has 0 aliphatic heterocycles. The van der Waals surface area contributed by atoms with E-state index in [4.69, 9.17) is 0 Å². The Labute approximate surface area is 116 Å². The Morgan fingerprint density at radius 3 is 2.22 bits per heavy atom. The SMILES string of the molecule is Cc1ccc(-c2nnc(CBr)n2C(C)(C)C)cc1. The third-order valence-corrected chi connectivity index (χ3v) is 3.33. The van der Waals surface area contributed by atoms with E-state index in [1.165, 1.54) is 5.56 Å². The van der Waals surface area contributed by atoms with Crippen molar-refractivity contribution in [3.8, 4) is 11.4 Å². The standard InChI is InChI=1S/C14H18BrN3/c1-10-5-7-11(8-6-10)13-17-16-12(9-15)18(13)14(2,3)4/h5-8H,9H2,1-4H3. The van der Waals surface area contributed by atoms with Gasteiger partial charge in [-0.05, 0) is 27.7 Å². The second-order valence-electron chi connectivity index (χ2n) is 5.45. The summed E-state index contributed by atoms with van der Waals surface area (Å²) in [5, 5.41) is 9.31. The molecular formula is C14H18BrN3. The first-order valence-corrected chi connectivity index (χ1v) is 7.13. The number of aromatic nitrogens is 3. The number of rotatable bonds is 2. The largest absolute Gasteiger partial charge is 0.305 e. The van der Waals surface area contributed by atoms with Gasteiger partial charge in [0.25, 0.3) is 0 Å². The molecule has 0 unspecified atom stereocenters. The van der Waals surface area contributed by atoms with Crippen LogP contribution in [0, 0.1) is 6.92 Å². The van der Waals surface area contributed by atoms with Gasteiger partial charge in [-0.15, -0.1) is 10.2 Å². The fraction of sp³-hybridized carbons (Fsp3) is 0.429. The van der Waals surface area contributed by atoms with Crippen LogP contribution in [-0.4, -0.2) is 14.8 Å². The number of hydrogen-bond donors (Lipinski definition) is 0. The van der Waals surface area contributed by atoms with Crippen LogP contribution in [0.1, 0.15) is 32.2 Å². The average molecular weight is 308 g/mol. The molecule has 0 bridgehead atoms. The van der Waals surface area contributed by atoms with Crippen LogP contribution in [0.25, 0.3) is 11.4 Å². The molecular weight excluding hydrogens is 290 g/mol. The summed E-state index contributed by atoms with van der Waals surface area (Å²) in [5.74, 6) is 1.88. The molecule has 0 aliphatic rings. The van der Waals surface area contributed by atoms with E-state index in [1.54, 1.807) is 0 Å². The van der Waals surface area contributed by atoms with Gasteiger partial charge in [0.15, 0.2) is 5.82 Å². The summed E-state index contributed by atoms with van der Waals surface area (Å²) < 4.78 is 2.19. The van der Waals surface area contributed by atoms with Crippen molar-refractivity contribution in [1.29, 1.82) is 0 Å². The Bertz CT molecular complexity index is 535. The molecule has 96 valence electrons. The van der Waals surface area contributed by atoms with Crippen LogP contribution >= 0.6 is 15.9 Å². The Kier molecular flexibility index (Phi) is 3.57. The van der Waals surface area contributed by atoms with E-state index in [0.29, 0.717) is 5.33 Å². The van der Waals surface area contributed by atoms with Crippen LogP contribution in [0.4, 0.5) is 0 Å². The van der Waals surface area contributed by atoms with Crippen molar-refractivity contribution in [2.24, 2.45) is 0 Å². The average Bonchev–Trinajstić information content (AvgIpc) is 2.73. The second kappa shape index (κ2) is 4.84. The summed E-state index contributed by atoms with van der Waals surface area (Å²) in [6.07, 6.45) is 0. The molecule has 2 aromatic rings. The molecule has 0 saturated heterocycles. The Balaban J connectivity index is 2.58. The number of hydrogen-bond acceptors (Lipinski definition) is 2. The van der Waals surface area contributed by atoms with Crippen molar-refractivity contribution in [1.82, 2.24) is 14.8 Å². The molecule has 0 amide bonds. The lowest BCUT2D eigenvalue weighted by Gasteiger charge is -2.24. The van der Waals surface area contributed by atoms with Crippen LogP contribution in [0.2, 0.25) is 0 Å². The third-order valence-electron chi connectivity index (χ3n) is 2.83. The molecule has 0 aliphatic carbocycles. The smallest absolute Gasteiger partial charge is 0.164 e. The lowest BCUT2D eigenvalue weighted by Crippen LogP contribution is -2.24. The van der Waals surface area contributed by atoms with Crippen molar-refractivity contribution in [2.75, 3.05) is 0 Å². The zero-order valence-electron chi connectivity index (χ0n) is 11.2. The predicted octanol–water partition coefficient (Wildman–Crippen LogP) is 3.90. The van der Waals surface area contributed by atoms with Gasteiger partial charge in [-0.2, -0.15) is 0 Å². The van der Waals surface area contributed by atoms with Crippen molar-refractivity contribution in [3.63, 3.8) is 0 Å². The van der Waals surface area contributed by atoms with Crippen LogP contribution in [-0.2, 0) is 10.9 Å². The van der Waals surface area contributed by atoms with Gasteiger partial charge < -0.3 is 4.57 Å². The highest BCUT2D eigenvalue weighted by molar-refractivity contribution is 9.08. The fourth-order valence-electron chi connectivity index (χ4n) is 2.00. The minimum Gasteiger partial charge on any atom is -0.305 e. The first-order valence-electron chi connectivity index (χ1n) is 6.01. The zero-order valence-corrected chi connectivity index (χ0v) is 12.8. The molecule has 0 radical (unpaired) electrons. The first-order chi connectivity index (χ1) is 8.43. The van der Waals surface area contributed by atoms with E-state index in [1.807, 2.05) is 0 Å². The molecule has 1 aromatic heterocycles. The normalized spacial score (nSPS) is 11.8. The molecule has 4 heteroatoms. The Morgan fingerprint density at radius 1 is 1.11 bits per heavy atom. The number of alkyl halides is 1. The highest BCUT2D eigenvalue weighted by Crippen LogP contribution is 2.27. The zero-order chi connectivity index (χ0) is 13.3. The maximum absolute atomic E-state index is 4.34. The third kappa shape index (κ3) is 2.48. The van der Waals surface area contributed by atoms with E-state index in [0.717, 1.165) is 17.2 Å². The quantitative estimate of drug-likeness (QED) is 0.788. The van der Waals surface area contributed by atoms with Gasteiger partial charge in [-0.3, -0.25) is 0 Å². The van der Waals surface area contributed by atoms with Gasteiger partial charge in [0.05, 0.1) is 5.33 Å². The summed E-state index contributed by atoms with van der Waals surface area (Å²) >= 11 is 3.47. The number of halogens is 1. The summed E-state index contributed by atoms with van der Waals surface area (Å²) in [5.41, 5.74) is 2.32. The molecule has 1 heterocycles. The molecule has 3 nitrogen and oxygen atoms in total. The fourth-order valence-corrected chi connectivity index (χ4v) is 2.36. The van der Waals surface area contributed by atoms with Crippen molar-refractivity contribution in [3.05, 3.63) is 35.7 Å². The molecule has 2 rings (SSSR count). The van der Waals surface area contributed by atoms with E-state index in [2.05, 4.69) is 82.7 Å². The summed E-state index contributed by atoms with van der Waals surface area (Å²) in [7, 11) is 0. The highest BCUT2D eigenvalue weighted by atomic mass is 79.9. The Morgan fingerprint density at radius 2 is 1.72 bits per heavy atom. The molecule has 0 N–H and O–H groups in total. The van der Waals surface area contributed by atoms with Gasteiger partial charge in [0, 0.05) is 11.1 Å². The lowest BCUT2D eigenvalue weighted by molar-refractivity contribution is 0.391. The van der Waals surface area contributed by atoms with Gasteiger partial charge in [-0.25, -0.2) is 0 Å². The molecule has 0 fully saturated rings. The van der Waals surface area contributed by atoms with Crippen molar-refractivity contribution in [2.45, 2.75) is 38.6 Å². The first kappa shape index (κ1) is 13.3. The van der Waals surface area contributed by atoms with Crippen LogP contribution in [0.15, 0.2) is 24.3 Å². The predicted molar refractivity (Wildman–Crippen MR) is 77.8 cm³/mol. The number of aryl methyl sites for hydroxylation is 1. The highest BCUT2D eigenvalue weighted by Gasteiger charge is 2.23. The monoisotopic (exact) mass is 307 g/mol. The topological polar surface area (TPSA) is 30.7 Å². The van der Waals surface area contributed by atoms with Gasteiger partial charge >= 0.3 is 0 Å². The summed E-state index contributed by atoms with van der Waals surface area (Å²) in [6.45, 7) is 8.59. The number of benzene rings is 1. The lowest BCUT2D eigenvalue weighted by atomic mass is 10.1. The van der Waals surface area contributed by atoms with Crippen LogP contribution in [0.5, 0.6) is 0 Å². The maximum Gasteiger partial charge on any atom is 0.164 e. The summed E-state index contributed by atoms with van der Waals surface area (Å²) in [6, 6.07) is 8.40. The van der Waals surface area contributed by atoms with E-state index in [-0.39, 0.29) is 5.54 Å². The van der Waals surface area contributed by atoms with E-state index >= 15 is 0 Å². The van der Waals surface area contributed by atoms with Crippen molar-refractivity contribution >= 4 is 15.9 Å². The summed E-state index contributed by atoms with van der Waals surface area (Å²) in [4.78, 5) is 0. The molecule has 0 saturated carbocycles. The maximum atomic E-state index is 4.34. The minimum atomic E-state index is -0.0349. The van der Waals surface area contributed by atoms with Gasteiger partial charge in [0.2, 0.25) is 0 Å². The molecule has 0 atom stereocenters. The Hall–Kier alpha value is -1.16. The van der Waals surface area contributed by atoms with Gasteiger partial charge in [-0.1, -0.05) is 45.8 Å². The van der Waals surface area contributed by atoms with Crippen LogP contribution in [0.3, 0.4) is 0 Å². The van der Waals surface area contributed by atoms with Crippen LogP contribution < -0.4 is 0 Å². The molecule has 1 aromatic carbocycles. The van der Waals surface area contributed by atoms with E-state index in [9.17, 15) is 0 Å². The molecule has 18 heavy (non-hydrogen) atoms. The minimum absolute atomic E-state index is 0.0349. The second-order valence-corrected chi connectivity index (χ2v) is 6.01. The number of nitrogens with zero attached hydrogens (tertiary/aromatic N) is 3. The van der Waals surface area contributed by atoms with E-state index < -0.39 is 0 Å². The van der Waals surface area contributed by atoms with Gasteiger partial charge in [0.1, 0.15) is 5.82 Å². The molecule has 0 spiro atoms. The van der Waals surface area contributed by atoms with Crippen molar-refractivity contribution < 1.29 is 0 Å².